The van der Waals surface area contributed by atoms with Gasteiger partial charge in [-0.3, -0.25) is 9.69 Å². The summed E-state index contributed by atoms with van der Waals surface area (Å²) in [4.78, 5) is 19.3. The molecule has 0 aliphatic carbocycles. The van der Waals surface area contributed by atoms with Crippen molar-refractivity contribution in [2.45, 2.75) is 58.8 Å². The van der Waals surface area contributed by atoms with Crippen LogP contribution in [-0.2, 0) is 17.8 Å². The minimum atomic E-state index is -0.224. The zero-order valence-corrected chi connectivity index (χ0v) is 19.7. The van der Waals surface area contributed by atoms with Crippen molar-refractivity contribution in [3.8, 4) is 0 Å². The topological polar surface area (TPSA) is 67.6 Å². The number of amides is 1. The maximum atomic E-state index is 12.5. The SMILES string of the molecule is Cc1ccc(C)c(CN(Cc2nc(C(=O)NCC3CCCO3)co2)C(C)c2ccccc2)c1. The first-order chi connectivity index (χ1) is 16.0. The number of oxazole rings is 1. The molecule has 6 nitrogen and oxygen atoms in total. The molecular weight excluding hydrogens is 414 g/mol. The van der Waals surface area contributed by atoms with Gasteiger partial charge in [-0.15, -0.1) is 0 Å². The molecule has 0 saturated carbocycles. The maximum absolute atomic E-state index is 12.5. The number of benzene rings is 2. The Labute approximate surface area is 196 Å². The molecule has 33 heavy (non-hydrogen) atoms. The summed E-state index contributed by atoms with van der Waals surface area (Å²) in [6.07, 6.45) is 3.57. The third-order valence-corrected chi connectivity index (χ3v) is 6.34. The van der Waals surface area contributed by atoms with Crippen LogP contribution in [0.3, 0.4) is 0 Å². The van der Waals surface area contributed by atoms with E-state index in [-0.39, 0.29) is 18.1 Å². The highest BCUT2D eigenvalue weighted by Gasteiger charge is 2.22. The van der Waals surface area contributed by atoms with Crippen LogP contribution in [0.1, 0.15) is 64.4 Å². The lowest BCUT2D eigenvalue weighted by Gasteiger charge is -2.29. The Morgan fingerprint density at radius 2 is 2.00 bits per heavy atom. The molecule has 0 bridgehead atoms. The van der Waals surface area contributed by atoms with Gasteiger partial charge in [-0.1, -0.05) is 54.1 Å². The largest absolute Gasteiger partial charge is 0.447 e. The number of aryl methyl sites for hydroxylation is 2. The molecule has 0 spiro atoms. The molecule has 1 fully saturated rings. The molecule has 2 unspecified atom stereocenters. The minimum Gasteiger partial charge on any atom is -0.447 e. The molecule has 1 N–H and O–H groups in total. The Bertz CT molecular complexity index is 1060. The number of carbonyl (C=O) groups excluding carboxylic acids is 1. The minimum absolute atomic E-state index is 0.0973. The molecule has 1 amide bonds. The van der Waals surface area contributed by atoms with E-state index in [1.807, 2.05) is 6.07 Å². The van der Waals surface area contributed by atoms with Crippen LogP contribution in [0.25, 0.3) is 0 Å². The van der Waals surface area contributed by atoms with E-state index in [1.165, 1.54) is 28.5 Å². The van der Waals surface area contributed by atoms with Crippen molar-refractivity contribution in [2.75, 3.05) is 13.2 Å². The first-order valence-corrected chi connectivity index (χ1v) is 11.7. The molecule has 2 heterocycles. The van der Waals surface area contributed by atoms with E-state index in [0.717, 1.165) is 26.0 Å². The number of carbonyl (C=O) groups is 1. The molecule has 4 rings (SSSR count). The fourth-order valence-corrected chi connectivity index (χ4v) is 4.23. The summed E-state index contributed by atoms with van der Waals surface area (Å²) in [5.41, 5.74) is 5.31. The summed E-state index contributed by atoms with van der Waals surface area (Å²) in [7, 11) is 0. The van der Waals surface area contributed by atoms with E-state index in [2.05, 4.69) is 78.4 Å². The van der Waals surface area contributed by atoms with Crippen LogP contribution in [-0.4, -0.2) is 35.0 Å². The summed E-state index contributed by atoms with van der Waals surface area (Å²) in [6.45, 7) is 8.98. The van der Waals surface area contributed by atoms with Crippen molar-refractivity contribution in [1.82, 2.24) is 15.2 Å². The number of aromatic nitrogens is 1. The lowest BCUT2D eigenvalue weighted by molar-refractivity contribution is 0.0853. The fourth-order valence-electron chi connectivity index (χ4n) is 4.23. The van der Waals surface area contributed by atoms with Crippen LogP contribution in [0.4, 0.5) is 0 Å². The van der Waals surface area contributed by atoms with Gasteiger partial charge in [0.05, 0.1) is 12.6 Å². The second-order valence-electron chi connectivity index (χ2n) is 8.89. The van der Waals surface area contributed by atoms with Gasteiger partial charge in [-0.05, 0) is 50.3 Å². The predicted octanol–water partition coefficient (Wildman–Crippen LogP) is 4.96. The third-order valence-electron chi connectivity index (χ3n) is 6.34. The zero-order valence-electron chi connectivity index (χ0n) is 19.7. The molecule has 2 aromatic carbocycles. The van der Waals surface area contributed by atoms with Crippen LogP contribution < -0.4 is 5.32 Å². The lowest BCUT2D eigenvalue weighted by atomic mass is 10.0. The van der Waals surface area contributed by atoms with Gasteiger partial charge < -0.3 is 14.5 Å². The van der Waals surface area contributed by atoms with Gasteiger partial charge in [0.15, 0.2) is 5.69 Å². The first-order valence-electron chi connectivity index (χ1n) is 11.7. The van der Waals surface area contributed by atoms with E-state index in [4.69, 9.17) is 9.15 Å². The normalized spacial score (nSPS) is 16.8. The predicted molar refractivity (Wildman–Crippen MR) is 128 cm³/mol. The lowest BCUT2D eigenvalue weighted by Crippen LogP contribution is -2.32. The van der Waals surface area contributed by atoms with Gasteiger partial charge in [0.25, 0.3) is 5.91 Å². The Morgan fingerprint density at radius 1 is 1.18 bits per heavy atom. The quantitative estimate of drug-likeness (QED) is 0.502. The fraction of sp³-hybridized carbons (Fsp3) is 0.407. The Balaban J connectivity index is 1.49. The average Bonchev–Trinajstić information content (AvgIpc) is 3.52. The molecular formula is C27H33N3O3. The Morgan fingerprint density at radius 3 is 2.76 bits per heavy atom. The van der Waals surface area contributed by atoms with Crippen LogP contribution in [0, 0.1) is 13.8 Å². The molecule has 2 atom stereocenters. The maximum Gasteiger partial charge on any atom is 0.273 e. The smallest absolute Gasteiger partial charge is 0.273 e. The molecule has 1 saturated heterocycles. The van der Waals surface area contributed by atoms with Gasteiger partial charge >= 0.3 is 0 Å². The van der Waals surface area contributed by atoms with Gasteiger partial charge in [0, 0.05) is 25.7 Å². The summed E-state index contributed by atoms with van der Waals surface area (Å²) in [6, 6.07) is 17.1. The highest BCUT2D eigenvalue weighted by atomic mass is 16.5. The van der Waals surface area contributed by atoms with Crippen LogP contribution >= 0.6 is 0 Å². The van der Waals surface area contributed by atoms with E-state index in [9.17, 15) is 4.79 Å². The summed E-state index contributed by atoms with van der Waals surface area (Å²) < 4.78 is 11.3. The molecule has 3 aromatic rings. The number of nitrogens with zero attached hydrogens (tertiary/aromatic N) is 2. The molecule has 6 heteroatoms. The van der Waals surface area contributed by atoms with Crippen molar-refractivity contribution < 1.29 is 13.9 Å². The number of rotatable bonds is 9. The first kappa shape index (κ1) is 23.2. The zero-order chi connectivity index (χ0) is 23.2. The van der Waals surface area contributed by atoms with Crippen molar-refractivity contribution >= 4 is 5.91 Å². The summed E-state index contributed by atoms with van der Waals surface area (Å²) >= 11 is 0. The van der Waals surface area contributed by atoms with Crippen molar-refractivity contribution in [3.05, 3.63) is 88.6 Å². The molecule has 1 aliphatic heterocycles. The summed E-state index contributed by atoms with van der Waals surface area (Å²) in [5.74, 6) is 0.308. The Kier molecular flexibility index (Phi) is 7.57. The second-order valence-corrected chi connectivity index (χ2v) is 8.89. The van der Waals surface area contributed by atoms with Gasteiger partial charge in [-0.25, -0.2) is 4.98 Å². The highest BCUT2D eigenvalue weighted by molar-refractivity contribution is 5.91. The van der Waals surface area contributed by atoms with E-state index < -0.39 is 0 Å². The Hall–Kier alpha value is -2.96. The number of hydrogen-bond acceptors (Lipinski definition) is 5. The van der Waals surface area contributed by atoms with Crippen LogP contribution in [0.15, 0.2) is 59.2 Å². The van der Waals surface area contributed by atoms with Crippen LogP contribution in [0.5, 0.6) is 0 Å². The van der Waals surface area contributed by atoms with E-state index in [0.29, 0.717) is 24.7 Å². The van der Waals surface area contributed by atoms with Gasteiger partial charge in [0.2, 0.25) is 5.89 Å². The third kappa shape index (κ3) is 6.09. The highest BCUT2D eigenvalue weighted by Crippen LogP contribution is 2.26. The molecule has 0 radical (unpaired) electrons. The van der Waals surface area contributed by atoms with Crippen LogP contribution in [0.2, 0.25) is 0 Å². The van der Waals surface area contributed by atoms with Gasteiger partial charge in [0.1, 0.15) is 6.26 Å². The van der Waals surface area contributed by atoms with Crippen molar-refractivity contribution in [1.29, 1.82) is 0 Å². The average molecular weight is 448 g/mol. The van der Waals surface area contributed by atoms with E-state index >= 15 is 0 Å². The van der Waals surface area contributed by atoms with Crippen molar-refractivity contribution in [3.63, 3.8) is 0 Å². The number of ether oxygens (including phenoxy) is 1. The van der Waals surface area contributed by atoms with Gasteiger partial charge in [-0.2, -0.15) is 0 Å². The molecule has 1 aromatic heterocycles. The summed E-state index contributed by atoms with van der Waals surface area (Å²) in [5, 5.41) is 2.91. The molecule has 1 aliphatic rings. The standard InChI is InChI=1S/C27H33N3O3/c1-19-11-12-20(2)23(14-19)16-30(21(3)22-8-5-4-6-9-22)17-26-29-25(18-33-26)27(31)28-15-24-10-7-13-32-24/h4-6,8-9,11-12,14,18,21,24H,7,10,13,15-17H2,1-3H3,(H,28,31). The number of hydrogen-bond donors (Lipinski definition) is 1. The van der Waals surface area contributed by atoms with Crippen molar-refractivity contribution in [2.24, 2.45) is 0 Å². The molecule has 174 valence electrons. The number of nitrogens with one attached hydrogen (secondary N) is 1. The second kappa shape index (κ2) is 10.8. The van der Waals surface area contributed by atoms with E-state index in [1.54, 1.807) is 0 Å². The monoisotopic (exact) mass is 447 g/mol.